The smallest absolute Gasteiger partial charge is 0.413 e. The molecule has 0 aliphatic heterocycles. The molecule has 0 saturated carbocycles. The number of nitrogens with zero attached hydrogens (tertiary/aromatic N) is 3. The Hall–Kier alpha value is -2.97. The van der Waals surface area contributed by atoms with E-state index in [1.165, 1.54) is 0 Å². The molecule has 0 spiro atoms. The maximum atomic E-state index is 11.9. The van der Waals surface area contributed by atoms with Gasteiger partial charge in [0.25, 0.3) is 5.91 Å². The zero-order valence-corrected chi connectivity index (χ0v) is 15.3. The third-order valence-electron chi connectivity index (χ3n) is 3.75. The molecular formula is C17H22N4O5. The number of aryl methyl sites for hydroxylation is 3. The number of carbonyl (C=O) groups is 3. The fraction of sp³-hybridized carbons (Fsp3) is 0.471. The Kier molecular flexibility index (Phi) is 6.26. The van der Waals surface area contributed by atoms with E-state index in [1.54, 1.807) is 11.4 Å². The first-order valence-electron chi connectivity index (χ1n) is 8.26. The van der Waals surface area contributed by atoms with Gasteiger partial charge in [-0.25, -0.2) is 14.3 Å². The number of carbonyl (C=O) groups excluding carboxylic acids is 3. The summed E-state index contributed by atoms with van der Waals surface area (Å²) in [4.78, 5) is 38.9. The van der Waals surface area contributed by atoms with Crippen molar-refractivity contribution >= 4 is 23.6 Å². The summed E-state index contributed by atoms with van der Waals surface area (Å²) in [5.41, 5.74) is 4.27. The van der Waals surface area contributed by atoms with E-state index in [1.807, 2.05) is 32.2 Å². The van der Waals surface area contributed by atoms with Crippen molar-refractivity contribution in [3.63, 3.8) is 0 Å². The average molecular weight is 362 g/mol. The monoisotopic (exact) mass is 362 g/mol. The van der Waals surface area contributed by atoms with Crippen LogP contribution in [-0.2, 0) is 25.5 Å². The van der Waals surface area contributed by atoms with Crippen molar-refractivity contribution in [3.05, 3.63) is 28.7 Å². The summed E-state index contributed by atoms with van der Waals surface area (Å²) in [6.07, 6.45) is -0.367. The molecule has 1 N–H and O–H groups in total. The third-order valence-corrected chi connectivity index (χ3v) is 3.75. The Morgan fingerprint density at radius 3 is 2.62 bits per heavy atom. The first-order chi connectivity index (χ1) is 12.3. The van der Waals surface area contributed by atoms with Gasteiger partial charge in [0, 0.05) is 23.9 Å². The number of imide groups is 1. The topological polar surface area (TPSA) is 112 Å². The van der Waals surface area contributed by atoms with Crippen LogP contribution in [0.15, 0.2) is 6.07 Å². The molecule has 0 bridgehead atoms. The van der Waals surface area contributed by atoms with Gasteiger partial charge in [-0.1, -0.05) is 0 Å². The van der Waals surface area contributed by atoms with Crippen LogP contribution in [0.2, 0.25) is 0 Å². The zero-order chi connectivity index (χ0) is 19.3. The van der Waals surface area contributed by atoms with E-state index >= 15 is 0 Å². The molecule has 0 aromatic carbocycles. The van der Waals surface area contributed by atoms with Crippen LogP contribution in [0.4, 0.5) is 4.79 Å². The lowest BCUT2D eigenvalue weighted by Crippen LogP contribution is -2.34. The summed E-state index contributed by atoms with van der Waals surface area (Å²) >= 11 is 0. The van der Waals surface area contributed by atoms with Gasteiger partial charge in [0.05, 0.1) is 12.3 Å². The second-order valence-electron chi connectivity index (χ2n) is 5.75. The molecule has 0 unspecified atom stereocenters. The summed E-state index contributed by atoms with van der Waals surface area (Å²) < 4.78 is 11.2. The molecule has 0 atom stereocenters. The van der Waals surface area contributed by atoms with Gasteiger partial charge in [0.1, 0.15) is 0 Å². The molecule has 0 aliphatic carbocycles. The number of hydrogen-bond acceptors (Lipinski definition) is 7. The minimum atomic E-state index is -0.867. The van der Waals surface area contributed by atoms with Gasteiger partial charge in [0.15, 0.2) is 12.3 Å². The highest BCUT2D eigenvalue weighted by Crippen LogP contribution is 2.17. The Morgan fingerprint density at radius 1 is 1.19 bits per heavy atom. The van der Waals surface area contributed by atoms with Gasteiger partial charge in [-0.2, -0.15) is 5.10 Å². The Balaban J connectivity index is 1.90. The fourth-order valence-corrected chi connectivity index (χ4v) is 2.57. The number of hydrogen-bond donors (Lipinski definition) is 1. The van der Waals surface area contributed by atoms with E-state index in [-0.39, 0.29) is 13.0 Å². The number of fused-ring (bicyclic) bond motifs is 1. The number of ether oxygens (including phenoxy) is 2. The summed E-state index contributed by atoms with van der Waals surface area (Å²) in [6.45, 7) is 6.91. The van der Waals surface area contributed by atoms with Crippen molar-refractivity contribution in [3.8, 4) is 0 Å². The van der Waals surface area contributed by atoms with Crippen LogP contribution >= 0.6 is 0 Å². The van der Waals surface area contributed by atoms with Crippen molar-refractivity contribution in [2.45, 2.75) is 40.5 Å². The predicted octanol–water partition coefficient (Wildman–Crippen LogP) is 1.40. The van der Waals surface area contributed by atoms with Gasteiger partial charge in [-0.05, 0) is 39.7 Å². The second kappa shape index (κ2) is 8.41. The minimum Gasteiger partial charge on any atom is -0.456 e. The van der Waals surface area contributed by atoms with Gasteiger partial charge < -0.3 is 9.47 Å². The van der Waals surface area contributed by atoms with Crippen LogP contribution in [0.25, 0.3) is 5.65 Å². The van der Waals surface area contributed by atoms with Gasteiger partial charge in [-0.15, -0.1) is 0 Å². The number of rotatable bonds is 6. The molecule has 140 valence electrons. The van der Waals surface area contributed by atoms with Crippen LogP contribution in [-0.4, -0.2) is 45.8 Å². The fourth-order valence-electron chi connectivity index (χ4n) is 2.57. The molecule has 9 nitrogen and oxygen atoms in total. The molecule has 0 saturated heterocycles. The lowest BCUT2D eigenvalue weighted by atomic mass is 10.1. The van der Waals surface area contributed by atoms with Crippen molar-refractivity contribution < 1.29 is 23.9 Å². The zero-order valence-electron chi connectivity index (χ0n) is 15.3. The molecule has 9 heteroatoms. The molecule has 2 aromatic heterocycles. The molecule has 2 amide bonds. The molecule has 0 fully saturated rings. The van der Waals surface area contributed by atoms with E-state index in [0.29, 0.717) is 6.42 Å². The summed E-state index contributed by atoms with van der Waals surface area (Å²) in [5.74, 6) is -1.28. The van der Waals surface area contributed by atoms with Gasteiger partial charge in [-0.3, -0.25) is 14.9 Å². The van der Waals surface area contributed by atoms with E-state index < -0.39 is 24.6 Å². The Morgan fingerprint density at radius 2 is 1.92 bits per heavy atom. The van der Waals surface area contributed by atoms with Crippen LogP contribution in [0.5, 0.6) is 0 Å². The normalized spacial score (nSPS) is 10.6. The highest BCUT2D eigenvalue weighted by molar-refractivity contribution is 5.93. The van der Waals surface area contributed by atoms with Crippen LogP contribution in [0.3, 0.4) is 0 Å². The summed E-state index contributed by atoms with van der Waals surface area (Å²) in [6, 6.07) is 1.89. The first kappa shape index (κ1) is 19.4. The maximum Gasteiger partial charge on any atom is 0.413 e. The quantitative estimate of drug-likeness (QED) is 0.773. The van der Waals surface area contributed by atoms with Crippen molar-refractivity contribution in [2.75, 3.05) is 13.2 Å². The van der Waals surface area contributed by atoms with E-state index in [0.717, 1.165) is 28.3 Å². The van der Waals surface area contributed by atoms with Gasteiger partial charge in [0.2, 0.25) is 0 Å². The SMILES string of the molecule is CCOC(=O)NC(=O)COC(=O)CCc1c(C)nc2cc(C)nn2c1C. The van der Waals surface area contributed by atoms with E-state index in [4.69, 9.17) is 4.74 Å². The van der Waals surface area contributed by atoms with Crippen LogP contribution < -0.4 is 5.32 Å². The van der Waals surface area contributed by atoms with Gasteiger partial charge >= 0.3 is 12.1 Å². The summed E-state index contributed by atoms with van der Waals surface area (Å²) in [5, 5.41) is 6.34. The number of esters is 1. The molecule has 2 rings (SSSR count). The Labute approximate surface area is 150 Å². The molecule has 26 heavy (non-hydrogen) atoms. The van der Waals surface area contributed by atoms with Crippen molar-refractivity contribution in [2.24, 2.45) is 0 Å². The number of alkyl carbamates (subject to hydrolysis) is 1. The largest absolute Gasteiger partial charge is 0.456 e. The minimum absolute atomic E-state index is 0.0851. The second-order valence-corrected chi connectivity index (χ2v) is 5.75. The van der Waals surface area contributed by atoms with E-state index in [2.05, 4.69) is 14.8 Å². The van der Waals surface area contributed by atoms with Crippen LogP contribution in [0, 0.1) is 20.8 Å². The van der Waals surface area contributed by atoms with Crippen LogP contribution in [0.1, 0.15) is 36.0 Å². The maximum absolute atomic E-state index is 11.9. The average Bonchev–Trinajstić information content (AvgIpc) is 2.93. The van der Waals surface area contributed by atoms with Crippen molar-refractivity contribution in [1.29, 1.82) is 0 Å². The number of nitrogens with one attached hydrogen (secondary N) is 1. The summed E-state index contributed by atoms with van der Waals surface area (Å²) in [7, 11) is 0. The number of amides is 2. The molecule has 0 aliphatic rings. The lowest BCUT2D eigenvalue weighted by Gasteiger charge is -2.11. The lowest BCUT2D eigenvalue weighted by molar-refractivity contribution is -0.148. The third kappa shape index (κ3) is 4.78. The molecule has 2 aromatic rings. The highest BCUT2D eigenvalue weighted by atomic mass is 16.6. The molecule has 0 radical (unpaired) electrons. The molecule has 2 heterocycles. The van der Waals surface area contributed by atoms with Crippen molar-refractivity contribution in [1.82, 2.24) is 19.9 Å². The standard InChI is InChI=1S/C17H22N4O5/c1-5-25-17(24)19-15(22)9-26-16(23)7-6-13-11(3)18-14-8-10(2)20-21(14)12(13)4/h8H,5-7,9H2,1-4H3,(H,19,22,24). The van der Waals surface area contributed by atoms with E-state index in [9.17, 15) is 14.4 Å². The Bertz CT molecular complexity index is 843. The number of aromatic nitrogens is 3. The first-order valence-corrected chi connectivity index (χ1v) is 8.26. The molecular weight excluding hydrogens is 340 g/mol. The highest BCUT2D eigenvalue weighted by Gasteiger charge is 2.15. The predicted molar refractivity (Wildman–Crippen MR) is 91.6 cm³/mol.